The Morgan fingerprint density at radius 1 is 1.24 bits per heavy atom. The smallest absolute Gasteiger partial charge is 0.189 e. The largest absolute Gasteiger partial charge is 0.496 e. The van der Waals surface area contributed by atoms with Crippen molar-refractivity contribution < 1.29 is 4.74 Å². The maximum Gasteiger partial charge on any atom is 0.189 e. The molecule has 0 aliphatic carbocycles. The molecular formula is C17H29N3O. The van der Waals surface area contributed by atoms with Crippen LogP contribution in [0.15, 0.2) is 29.3 Å². The molecular weight excluding hydrogens is 262 g/mol. The Morgan fingerprint density at radius 3 is 2.62 bits per heavy atom. The molecule has 0 aromatic heterocycles. The van der Waals surface area contributed by atoms with E-state index in [1.807, 2.05) is 24.3 Å². The third-order valence-corrected chi connectivity index (χ3v) is 3.43. The Kier molecular flexibility index (Phi) is 7.65. The maximum absolute atomic E-state index is 5.94. The number of nitrogens with two attached hydrogens (primary N) is 1. The molecule has 4 nitrogen and oxygen atoms in total. The predicted octanol–water partition coefficient (Wildman–Crippen LogP) is 3.31. The van der Waals surface area contributed by atoms with Crippen LogP contribution in [0.1, 0.15) is 45.6 Å². The standard InChI is InChI=1S/C17H29N3O/c1-13(2)8-7-9-14(3)20-17(18)19-12-15-10-5-6-11-16(15)21-4/h5-6,10-11,13-14H,7-9,12H2,1-4H3,(H3,18,19,20). The number of guanidine groups is 1. The van der Waals surface area contributed by atoms with Gasteiger partial charge in [-0.2, -0.15) is 0 Å². The number of nitrogens with zero attached hydrogens (tertiary/aromatic N) is 1. The third-order valence-electron chi connectivity index (χ3n) is 3.43. The van der Waals surface area contributed by atoms with Crippen LogP contribution in [-0.4, -0.2) is 19.1 Å². The van der Waals surface area contributed by atoms with Crippen LogP contribution in [0.3, 0.4) is 0 Å². The van der Waals surface area contributed by atoms with Crippen molar-refractivity contribution in [3.05, 3.63) is 29.8 Å². The Balaban J connectivity index is 2.42. The Bertz CT molecular complexity index is 443. The van der Waals surface area contributed by atoms with E-state index in [0.717, 1.165) is 23.7 Å². The van der Waals surface area contributed by atoms with E-state index < -0.39 is 0 Å². The van der Waals surface area contributed by atoms with Crippen LogP contribution in [0.5, 0.6) is 5.75 Å². The number of ether oxygens (including phenoxy) is 1. The second-order valence-electron chi connectivity index (χ2n) is 5.88. The molecule has 0 saturated heterocycles. The molecule has 1 unspecified atom stereocenters. The van der Waals surface area contributed by atoms with Crippen molar-refractivity contribution in [2.45, 2.75) is 52.6 Å². The first kappa shape index (κ1) is 17.3. The summed E-state index contributed by atoms with van der Waals surface area (Å²) in [7, 11) is 1.67. The molecule has 1 aromatic carbocycles. The van der Waals surface area contributed by atoms with E-state index in [0.29, 0.717) is 18.5 Å². The number of hydrogen-bond donors (Lipinski definition) is 2. The molecule has 3 N–H and O–H groups in total. The molecule has 118 valence electrons. The number of para-hydroxylation sites is 1. The minimum atomic E-state index is 0.352. The van der Waals surface area contributed by atoms with Gasteiger partial charge in [-0.05, 0) is 25.3 Å². The van der Waals surface area contributed by atoms with Crippen LogP contribution >= 0.6 is 0 Å². The first-order valence-electron chi connectivity index (χ1n) is 7.71. The fourth-order valence-corrected chi connectivity index (χ4v) is 2.21. The molecule has 0 aliphatic heterocycles. The quantitative estimate of drug-likeness (QED) is 0.570. The lowest BCUT2D eigenvalue weighted by Gasteiger charge is -2.15. The summed E-state index contributed by atoms with van der Waals surface area (Å²) in [5, 5.41) is 3.25. The van der Waals surface area contributed by atoms with Gasteiger partial charge in [-0.25, -0.2) is 4.99 Å². The number of hydrogen-bond acceptors (Lipinski definition) is 2. The van der Waals surface area contributed by atoms with Gasteiger partial charge < -0.3 is 15.8 Å². The number of rotatable bonds is 8. The Morgan fingerprint density at radius 2 is 1.95 bits per heavy atom. The lowest BCUT2D eigenvalue weighted by atomic mass is 10.0. The number of benzene rings is 1. The minimum absolute atomic E-state index is 0.352. The topological polar surface area (TPSA) is 59.6 Å². The minimum Gasteiger partial charge on any atom is -0.496 e. The van der Waals surface area contributed by atoms with Gasteiger partial charge in [0.15, 0.2) is 5.96 Å². The molecule has 0 fully saturated rings. The van der Waals surface area contributed by atoms with Crippen LogP contribution in [0.2, 0.25) is 0 Å². The summed E-state index contributed by atoms with van der Waals surface area (Å²) in [6, 6.07) is 8.21. The second-order valence-corrected chi connectivity index (χ2v) is 5.88. The summed E-state index contributed by atoms with van der Waals surface area (Å²) < 4.78 is 5.30. The highest BCUT2D eigenvalue weighted by atomic mass is 16.5. The first-order valence-corrected chi connectivity index (χ1v) is 7.71. The van der Waals surface area contributed by atoms with Crippen molar-refractivity contribution in [3.63, 3.8) is 0 Å². The van der Waals surface area contributed by atoms with Crippen LogP contribution in [0.25, 0.3) is 0 Å². The highest BCUT2D eigenvalue weighted by Gasteiger charge is 2.05. The van der Waals surface area contributed by atoms with Gasteiger partial charge in [0, 0.05) is 11.6 Å². The summed E-state index contributed by atoms with van der Waals surface area (Å²) in [5.74, 6) is 2.10. The SMILES string of the molecule is COc1ccccc1CN=C(N)NC(C)CCCC(C)C. The number of nitrogens with one attached hydrogen (secondary N) is 1. The third kappa shape index (κ3) is 7.02. The van der Waals surface area contributed by atoms with Gasteiger partial charge in [0.2, 0.25) is 0 Å². The lowest BCUT2D eigenvalue weighted by Crippen LogP contribution is -2.38. The zero-order valence-electron chi connectivity index (χ0n) is 13.7. The summed E-state index contributed by atoms with van der Waals surface area (Å²) >= 11 is 0. The summed E-state index contributed by atoms with van der Waals surface area (Å²) in [6.45, 7) is 7.18. The van der Waals surface area contributed by atoms with Crippen molar-refractivity contribution in [3.8, 4) is 5.75 Å². The van der Waals surface area contributed by atoms with Gasteiger partial charge in [-0.1, -0.05) is 44.9 Å². The average Bonchev–Trinajstić information content (AvgIpc) is 2.45. The molecule has 4 heteroatoms. The second kappa shape index (κ2) is 9.27. The van der Waals surface area contributed by atoms with E-state index in [9.17, 15) is 0 Å². The molecule has 0 spiro atoms. The van der Waals surface area contributed by atoms with Crippen LogP contribution in [-0.2, 0) is 6.54 Å². The van der Waals surface area contributed by atoms with Crippen molar-refractivity contribution >= 4 is 5.96 Å². The van der Waals surface area contributed by atoms with Crippen molar-refractivity contribution in [1.29, 1.82) is 0 Å². The fourth-order valence-electron chi connectivity index (χ4n) is 2.21. The molecule has 0 heterocycles. The lowest BCUT2D eigenvalue weighted by molar-refractivity contribution is 0.410. The van der Waals surface area contributed by atoms with Gasteiger partial charge in [-0.15, -0.1) is 0 Å². The molecule has 1 atom stereocenters. The average molecular weight is 291 g/mol. The molecule has 0 bridgehead atoms. The molecule has 0 aliphatic rings. The zero-order valence-corrected chi connectivity index (χ0v) is 13.7. The highest BCUT2D eigenvalue weighted by Crippen LogP contribution is 2.17. The highest BCUT2D eigenvalue weighted by molar-refractivity contribution is 5.78. The molecule has 0 amide bonds. The van der Waals surface area contributed by atoms with E-state index in [2.05, 4.69) is 31.1 Å². The number of methoxy groups -OCH3 is 1. The van der Waals surface area contributed by atoms with Gasteiger partial charge in [0.25, 0.3) is 0 Å². The molecule has 0 radical (unpaired) electrons. The molecule has 0 saturated carbocycles. The molecule has 1 rings (SSSR count). The van der Waals surface area contributed by atoms with E-state index in [1.54, 1.807) is 7.11 Å². The molecule has 1 aromatic rings. The van der Waals surface area contributed by atoms with E-state index >= 15 is 0 Å². The molecule has 21 heavy (non-hydrogen) atoms. The Hall–Kier alpha value is -1.71. The Labute approximate surface area is 128 Å². The van der Waals surface area contributed by atoms with Crippen molar-refractivity contribution in [1.82, 2.24) is 5.32 Å². The van der Waals surface area contributed by atoms with E-state index in [4.69, 9.17) is 10.5 Å². The van der Waals surface area contributed by atoms with E-state index in [-0.39, 0.29) is 0 Å². The van der Waals surface area contributed by atoms with Crippen LogP contribution in [0, 0.1) is 5.92 Å². The normalized spacial score (nSPS) is 13.3. The maximum atomic E-state index is 5.94. The van der Waals surface area contributed by atoms with E-state index in [1.165, 1.54) is 12.8 Å². The van der Waals surface area contributed by atoms with Crippen molar-refractivity contribution in [2.24, 2.45) is 16.6 Å². The first-order chi connectivity index (χ1) is 10.0. The predicted molar refractivity (Wildman–Crippen MR) is 89.6 cm³/mol. The summed E-state index contributed by atoms with van der Waals surface area (Å²) in [6.07, 6.45) is 3.58. The summed E-state index contributed by atoms with van der Waals surface area (Å²) in [4.78, 5) is 4.39. The monoisotopic (exact) mass is 291 g/mol. The van der Waals surface area contributed by atoms with Gasteiger partial charge >= 0.3 is 0 Å². The van der Waals surface area contributed by atoms with Gasteiger partial charge in [-0.3, -0.25) is 0 Å². The number of aliphatic imine (C=N–C) groups is 1. The van der Waals surface area contributed by atoms with Gasteiger partial charge in [0.05, 0.1) is 13.7 Å². The summed E-state index contributed by atoms with van der Waals surface area (Å²) in [5.41, 5.74) is 6.98. The van der Waals surface area contributed by atoms with Crippen molar-refractivity contribution in [2.75, 3.05) is 7.11 Å². The van der Waals surface area contributed by atoms with Crippen LogP contribution < -0.4 is 15.8 Å². The fraction of sp³-hybridized carbons (Fsp3) is 0.588. The van der Waals surface area contributed by atoms with Crippen LogP contribution in [0.4, 0.5) is 0 Å². The zero-order chi connectivity index (χ0) is 15.7. The van der Waals surface area contributed by atoms with Gasteiger partial charge in [0.1, 0.15) is 5.75 Å².